The molecule has 8 heteroatoms. The van der Waals surface area contributed by atoms with Gasteiger partial charge in [-0.05, 0) is 24.3 Å². The molecule has 1 atom stereocenters. The largest absolute Gasteiger partial charge is 0.481 e. The van der Waals surface area contributed by atoms with Crippen LogP contribution in [0.3, 0.4) is 0 Å². The number of urea groups is 1. The molecule has 8 nitrogen and oxygen atoms in total. The first-order valence-electron chi connectivity index (χ1n) is 6.11. The van der Waals surface area contributed by atoms with Gasteiger partial charge in [-0.1, -0.05) is 0 Å². The quantitative estimate of drug-likeness (QED) is 0.578. The number of hydrogen-bond acceptors (Lipinski definition) is 4. The van der Waals surface area contributed by atoms with E-state index in [9.17, 15) is 14.4 Å². The second-order valence-corrected chi connectivity index (χ2v) is 4.23. The number of hydrogen-bond donors (Lipinski definition) is 4. The highest BCUT2D eigenvalue weighted by Gasteiger charge is 2.14. The summed E-state index contributed by atoms with van der Waals surface area (Å²) in [6, 6.07) is 5.40. The molecule has 0 saturated heterocycles. The van der Waals surface area contributed by atoms with Crippen LogP contribution in [0.2, 0.25) is 0 Å². The zero-order chi connectivity index (χ0) is 15.8. The van der Waals surface area contributed by atoms with E-state index in [4.69, 9.17) is 15.6 Å². The Labute approximate surface area is 121 Å². The molecule has 0 aliphatic rings. The molecule has 21 heavy (non-hydrogen) atoms. The minimum absolute atomic E-state index is 0.0862. The van der Waals surface area contributed by atoms with Gasteiger partial charge in [0.1, 0.15) is 0 Å². The van der Waals surface area contributed by atoms with Crippen LogP contribution in [0, 0.1) is 0 Å². The van der Waals surface area contributed by atoms with E-state index in [1.54, 1.807) is 0 Å². The number of carboxylic acid groups (broad SMARTS) is 1. The molecule has 0 aromatic heterocycles. The molecule has 1 unspecified atom stereocenters. The monoisotopic (exact) mass is 295 g/mol. The second kappa shape index (κ2) is 7.85. The minimum Gasteiger partial charge on any atom is -0.481 e. The van der Waals surface area contributed by atoms with Crippen LogP contribution in [-0.4, -0.2) is 42.8 Å². The molecule has 1 aromatic rings. The number of methoxy groups -OCH3 is 1. The van der Waals surface area contributed by atoms with Crippen molar-refractivity contribution in [2.24, 2.45) is 5.73 Å². The standard InChI is InChI=1S/C13H17N3O5/c1-21-10(6-11(17)18)7-15-12(19)8-2-4-9(5-3-8)16-13(14)20/h2-5,10H,6-7H2,1H3,(H,15,19)(H,17,18)(H3,14,16,20). The highest BCUT2D eigenvalue weighted by Crippen LogP contribution is 2.09. The van der Waals surface area contributed by atoms with Crippen molar-refractivity contribution in [3.63, 3.8) is 0 Å². The predicted molar refractivity (Wildman–Crippen MR) is 75.0 cm³/mol. The van der Waals surface area contributed by atoms with Gasteiger partial charge < -0.3 is 26.2 Å². The topological polar surface area (TPSA) is 131 Å². The number of ether oxygens (including phenoxy) is 1. The van der Waals surface area contributed by atoms with Crippen molar-refractivity contribution in [2.45, 2.75) is 12.5 Å². The molecule has 1 aromatic carbocycles. The third kappa shape index (κ3) is 5.91. The summed E-state index contributed by atoms with van der Waals surface area (Å²) in [5.74, 6) is -1.37. The molecule has 1 rings (SSSR count). The van der Waals surface area contributed by atoms with Gasteiger partial charge in [-0.25, -0.2) is 4.79 Å². The van der Waals surface area contributed by atoms with Gasteiger partial charge in [-0.2, -0.15) is 0 Å². The first-order chi connectivity index (χ1) is 9.92. The number of nitrogens with one attached hydrogen (secondary N) is 2. The third-order valence-electron chi connectivity index (χ3n) is 2.64. The number of carboxylic acids is 1. The molecule has 0 heterocycles. The summed E-state index contributed by atoms with van der Waals surface area (Å²) in [4.78, 5) is 33.1. The first-order valence-corrected chi connectivity index (χ1v) is 6.11. The first kappa shape index (κ1) is 16.4. The van der Waals surface area contributed by atoms with Gasteiger partial charge in [0, 0.05) is 24.9 Å². The fourth-order valence-corrected chi connectivity index (χ4v) is 1.59. The second-order valence-electron chi connectivity index (χ2n) is 4.23. The lowest BCUT2D eigenvalue weighted by Crippen LogP contribution is -2.34. The average Bonchev–Trinajstić information content (AvgIpc) is 2.42. The van der Waals surface area contributed by atoms with Crippen molar-refractivity contribution in [1.82, 2.24) is 5.32 Å². The highest BCUT2D eigenvalue weighted by atomic mass is 16.5. The maximum Gasteiger partial charge on any atom is 0.316 e. The Morgan fingerprint density at radius 1 is 1.29 bits per heavy atom. The summed E-state index contributed by atoms with van der Waals surface area (Å²) in [5.41, 5.74) is 5.81. The van der Waals surface area contributed by atoms with E-state index < -0.39 is 18.1 Å². The molecule has 0 aliphatic heterocycles. The summed E-state index contributed by atoms with van der Waals surface area (Å²) in [6.07, 6.45) is -0.791. The highest BCUT2D eigenvalue weighted by molar-refractivity contribution is 5.95. The van der Waals surface area contributed by atoms with Crippen LogP contribution in [0.15, 0.2) is 24.3 Å². The van der Waals surface area contributed by atoms with E-state index in [0.717, 1.165) is 0 Å². The molecule has 114 valence electrons. The third-order valence-corrected chi connectivity index (χ3v) is 2.64. The molecule has 0 saturated carbocycles. The number of carbonyl (C=O) groups excluding carboxylic acids is 2. The van der Waals surface area contributed by atoms with E-state index in [0.29, 0.717) is 11.3 Å². The van der Waals surface area contributed by atoms with Crippen LogP contribution in [0.25, 0.3) is 0 Å². The van der Waals surface area contributed by atoms with Gasteiger partial charge in [-0.3, -0.25) is 9.59 Å². The molecule has 0 spiro atoms. The average molecular weight is 295 g/mol. The number of benzene rings is 1. The number of aliphatic carboxylic acids is 1. The molecule has 3 amide bonds. The zero-order valence-electron chi connectivity index (χ0n) is 11.5. The Hall–Kier alpha value is -2.61. The van der Waals surface area contributed by atoms with Crippen molar-refractivity contribution >= 4 is 23.6 Å². The van der Waals surface area contributed by atoms with Crippen LogP contribution in [-0.2, 0) is 9.53 Å². The van der Waals surface area contributed by atoms with E-state index in [1.807, 2.05) is 0 Å². The lowest BCUT2D eigenvalue weighted by atomic mass is 10.2. The minimum atomic E-state index is -1.00. The van der Waals surface area contributed by atoms with E-state index >= 15 is 0 Å². The van der Waals surface area contributed by atoms with Gasteiger partial charge in [0.15, 0.2) is 0 Å². The van der Waals surface area contributed by atoms with Crippen molar-refractivity contribution < 1.29 is 24.2 Å². The van der Waals surface area contributed by atoms with Crippen LogP contribution >= 0.6 is 0 Å². The zero-order valence-corrected chi connectivity index (χ0v) is 11.5. The molecule has 5 N–H and O–H groups in total. The number of amides is 3. The molecule has 0 bridgehead atoms. The molecule has 0 aliphatic carbocycles. The van der Waals surface area contributed by atoms with Gasteiger partial charge in [0.25, 0.3) is 5.91 Å². The van der Waals surface area contributed by atoms with Crippen LogP contribution in [0.4, 0.5) is 10.5 Å². The van der Waals surface area contributed by atoms with Crippen molar-refractivity contribution in [3.8, 4) is 0 Å². The Morgan fingerprint density at radius 2 is 1.90 bits per heavy atom. The Kier molecular flexibility index (Phi) is 6.15. The van der Waals surface area contributed by atoms with Gasteiger partial charge >= 0.3 is 12.0 Å². The number of rotatable bonds is 7. The number of primary amides is 1. The fraction of sp³-hybridized carbons (Fsp3) is 0.308. The molecular formula is C13H17N3O5. The van der Waals surface area contributed by atoms with Crippen LogP contribution in [0.1, 0.15) is 16.8 Å². The maximum atomic E-state index is 11.9. The van der Waals surface area contributed by atoms with Crippen molar-refractivity contribution in [2.75, 3.05) is 19.0 Å². The Morgan fingerprint density at radius 3 is 2.38 bits per heavy atom. The molecular weight excluding hydrogens is 278 g/mol. The van der Waals surface area contributed by atoms with Gasteiger partial charge in [-0.15, -0.1) is 0 Å². The fourth-order valence-electron chi connectivity index (χ4n) is 1.59. The van der Waals surface area contributed by atoms with Gasteiger partial charge in [0.2, 0.25) is 0 Å². The Balaban J connectivity index is 2.55. The molecule has 0 radical (unpaired) electrons. The van der Waals surface area contributed by atoms with Crippen molar-refractivity contribution in [3.05, 3.63) is 29.8 Å². The molecule has 0 fully saturated rings. The summed E-state index contributed by atoms with van der Waals surface area (Å²) < 4.78 is 4.95. The van der Waals surface area contributed by atoms with E-state index in [1.165, 1.54) is 31.4 Å². The van der Waals surface area contributed by atoms with Crippen LogP contribution < -0.4 is 16.4 Å². The summed E-state index contributed by atoms with van der Waals surface area (Å²) in [6.45, 7) is 0.0862. The summed E-state index contributed by atoms with van der Waals surface area (Å²) in [7, 11) is 1.38. The smallest absolute Gasteiger partial charge is 0.316 e. The maximum absolute atomic E-state index is 11.9. The lowest BCUT2D eigenvalue weighted by molar-refractivity contribution is -0.139. The van der Waals surface area contributed by atoms with E-state index in [2.05, 4.69) is 10.6 Å². The van der Waals surface area contributed by atoms with Crippen LogP contribution in [0.5, 0.6) is 0 Å². The number of nitrogens with two attached hydrogens (primary N) is 1. The predicted octanol–water partition coefficient (Wildman–Crippen LogP) is 0.397. The Bertz CT molecular complexity index is 515. The number of carbonyl (C=O) groups is 3. The van der Waals surface area contributed by atoms with Crippen molar-refractivity contribution in [1.29, 1.82) is 0 Å². The van der Waals surface area contributed by atoms with Gasteiger partial charge in [0.05, 0.1) is 12.5 Å². The SMILES string of the molecule is COC(CNC(=O)c1ccc(NC(N)=O)cc1)CC(=O)O. The lowest BCUT2D eigenvalue weighted by Gasteiger charge is -2.14. The number of anilines is 1. The normalized spacial score (nSPS) is 11.5. The summed E-state index contributed by atoms with van der Waals surface area (Å²) in [5, 5.41) is 13.6. The summed E-state index contributed by atoms with van der Waals surface area (Å²) >= 11 is 0. The van der Waals surface area contributed by atoms with E-state index in [-0.39, 0.29) is 18.9 Å².